The van der Waals surface area contributed by atoms with E-state index < -0.39 is 30.1 Å². The van der Waals surface area contributed by atoms with Gasteiger partial charge in [-0.3, -0.25) is 10.1 Å². The van der Waals surface area contributed by atoms with Crippen molar-refractivity contribution in [2.45, 2.75) is 25.0 Å². The van der Waals surface area contributed by atoms with Crippen LogP contribution in [0, 0.1) is 0 Å². The number of nitrogens with one attached hydrogen (secondary N) is 1. The quantitative estimate of drug-likeness (QED) is 0.403. The molecular formula is C19H18ClF4N3O3. The molecule has 1 aliphatic heterocycles. The van der Waals surface area contributed by atoms with Gasteiger partial charge in [0.05, 0.1) is 12.5 Å². The van der Waals surface area contributed by atoms with E-state index in [4.69, 9.17) is 16.3 Å². The van der Waals surface area contributed by atoms with Crippen LogP contribution in [0.3, 0.4) is 0 Å². The number of aliphatic hydroxyl groups excluding tert-OH is 1. The molecule has 0 aliphatic carbocycles. The average Bonchev–Trinajstić information content (AvgIpc) is 3.03. The van der Waals surface area contributed by atoms with E-state index in [1.54, 1.807) is 0 Å². The number of rotatable bonds is 6. The number of alkyl halides is 5. The fraction of sp³-hybridized carbons (Fsp3) is 0.368. The molecule has 2 N–H and O–H groups in total. The first-order valence-electron chi connectivity index (χ1n) is 8.91. The summed E-state index contributed by atoms with van der Waals surface area (Å²) < 4.78 is 58.4. The largest absolute Gasteiger partial charge is 0.439 e. The number of hydrogen-bond donors (Lipinski definition) is 2. The fourth-order valence-corrected chi connectivity index (χ4v) is 3.05. The Kier molecular flexibility index (Phi) is 6.79. The Balaban J connectivity index is 1.82. The zero-order chi connectivity index (χ0) is 21.9. The van der Waals surface area contributed by atoms with Crippen molar-refractivity contribution in [2.75, 3.05) is 19.1 Å². The Hall–Kier alpha value is -2.43. The first-order valence-corrected chi connectivity index (χ1v) is 9.45. The average molecular weight is 448 g/mol. The summed E-state index contributed by atoms with van der Waals surface area (Å²) in [5, 5.41) is 12.2. The zero-order valence-electron chi connectivity index (χ0n) is 15.5. The Morgan fingerprint density at radius 3 is 2.70 bits per heavy atom. The summed E-state index contributed by atoms with van der Waals surface area (Å²) in [6, 6.07) is 7.97. The van der Waals surface area contributed by atoms with Gasteiger partial charge in [-0.2, -0.15) is 13.2 Å². The number of hydrogen-bond acceptors (Lipinski definition) is 5. The van der Waals surface area contributed by atoms with E-state index in [1.807, 2.05) is 0 Å². The number of nitrogens with zero attached hydrogens (tertiary/aromatic N) is 2. The summed E-state index contributed by atoms with van der Waals surface area (Å²) in [6.07, 6.45) is -7.45. The van der Waals surface area contributed by atoms with Crippen LogP contribution in [0.5, 0.6) is 11.6 Å². The van der Waals surface area contributed by atoms with Crippen molar-refractivity contribution >= 4 is 17.5 Å². The summed E-state index contributed by atoms with van der Waals surface area (Å²) in [5.41, 5.74) is -0.719. The number of benzene rings is 1. The fourth-order valence-electron chi connectivity index (χ4n) is 2.96. The molecule has 3 rings (SSSR count). The van der Waals surface area contributed by atoms with E-state index in [1.165, 1.54) is 30.3 Å². The number of carbonyl (C=O) groups excluding carboxylic acids is 1. The van der Waals surface area contributed by atoms with Crippen molar-refractivity contribution in [3.05, 3.63) is 53.2 Å². The number of β-amino-alcohol motifs (C(OH)–C–C–N with tert-alkyl or cyclic N) is 1. The number of halogens is 5. The van der Waals surface area contributed by atoms with Crippen molar-refractivity contribution in [1.82, 2.24) is 15.2 Å². The van der Waals surface area contributed by atoms with Gasteiger partial charge in [0.2, 0.25) is 5.88 Å². The molecule has 6 nitrogen and oxygen atoms in total. The smallest absolute Gasteiger partial charge is 0.433 e. The first-order chi connectivity index (χ1) is 14.2. The third-order valence-electron chi connectivity index (χ3n) is 4.39. The van der Waals surface area contributed by atoms with Crippen LogP contribution >= 0.6 is 11.6 Å². The molecule has 1 fully saturated rings. The lowest BCUT2D eigenvalue weighted by Gasteiger charge is -2.16. The Labute approximate surface area is 174 Å². The highest BCUT2D eigenvalue weighted by atomic mass is 35.5. The minimum Gasteiger partial charge on any atom is -0.439 e. The lowest BCUT2D eigenvalue weighted by Crippen LogP contribution is -2.29. The molecule has 2 aromatic rings. The molecule has 0 spiro atoms. The van der Waals surface area contributed by atoms with E-state index >= 15 is 0 Å². The molecule has 0 unspecified atom stereocenters. The van der Waals surface area contributed by atoms with Gasteiger partial charge in [0, 0.05) is 24.7 Å². The number of pyridine rings is 1. The molecule has 1 aromatic heterocycles. The molecule has 1 amide bonds. The zero-order valence-corrected chi connectivity index (χ0v) is 16.3. The predicted molar refractivity (Wildman–Crippen MR) is 100 cm³/mol. The highest BCUT2D eigenvalue weighted by Gasteiger charge is 2.35. The van der Waals surface area contributed by atoms with E-state index in [-0.39, 0.29) is 48.4 Å². The lowest BCUT2D eigenvalue weighted by atomic mass is 10.2. The second kappa shape index (κ2) is 9.15. The molecule has 11 heteroatoms. The number of likely N-dealkylation sites (tertiary alicyclic amines) is 1. The SMILES string of the molecule is O=C(c1cccc(Oc2cc(CNCCl)cc(C(F)(F)F)n2)c1)N1C[C@@H](O)[C@H](F)C1. The van der Waals surface area contributed by atoms with Crippen molar-refractivity contribution in [3.8, 4) is 11.6 Å². The van der Waals surface area contributed by atoms with E-state index in [0.29, 0.717) is 0 Å². The van der Waals surface area contributed by atoms with Gasteiger partial charge in [0.15, 0.2) is 0 Å². The predicted octanol–water partition coefficient (Wildman–Crippen LogP) is 3.33. The third-order valence-corrected chi connectivity index (χ3v) is 4.58. The number of aromatic nitrogens is 1. The van der Waals surface area contributed by atoms with Gasteiger partial charge in [-0.1, -0.05) is 6.07 Å². The van der Waals surface area contributed by atoms with Crippen LogP contribution in [0.1, 0.15) is 21.6 Å². The van der Waals surface area contributed by atoms with Crippen molar-refractivity contribution in [3.63, 3.8) is 0 Å². The lowest BCUT2D eigenvalue weighted by molar-refractivity contribution is -0.141. The first kappa shape index (κ1) is 22.3. The maximum absolute atomic E-state index is 13.5. The van der Waals surface area contributed by atoms with E-state index in [0.717, 1.165) is 11.0 Å². The van der Waals surface area contributed by atoms with Crippen LogP contribution in [0.2, 0.25) is 0 Å². The van der Waals surface area contributed by atoms with Crippen LogP contribution in [-0.4, -0.2) is 52.3 Å². The van der Waals surface area contributed by atoms with Gasteiger partial charge in [-0.05, 0) is 29.8 Å². The van der Waals surface area contributed by atoms with Crippen LogP contribution in [-0.2, 0) is 12.7 Å². The second-order valence-corrected chi connectivity index (χ2v) is 6.95. The summed E-state index contributed by atoms with van der Waals surface area (Å²) in [7, 11) is 0. The highest BCUT2D eigenvalue weighted by Crippen LogP contribution is 2.31. The number of amides is 1. The Morgan fingerprint density at radius 1 is 1.30 bits per heavy atom. The molecule has 1 aromatic carbocycles. The van der Waals surface area contributed by atoms with Crippen LogP contribution in [0.15, 0.2) is 36.4 Å². The van der Waals surface area contributed by atoms with Crippen LogP contribution in [0.25, 0.3) is 0 Å². The van der Waals surface area contributed by atoms with Gasteiger partial charge in [0.25, 0.3) is 5.91 Å². The van der Waals surface area contributed by atoms with Gasteiger partial charge >= 0.3 is 6.18 Å². The van der Waals surface area contributed by atoms with Crippen LogP contribution < -0.4 is 10.1 Å². The molecule has 0 bridgehead atoms. The van der Waals surface area contributed by atoms with Crippen molar-refractivity contribution in [1.29, 1.82) is 0 Å². The number of aliphatic hydroxyl groups is 1. The third kappa shape index (κ3) is 5.38. The van der Waals surface area contributed by atoms with Crippen LogP contribution in [0.4, 0.5) is 17.6 Å². The highest BCUT2D eigenvalue weighted by molar-refractivity contribution is 6.17. The second-order valence-electron chi connectivity index (χ2n) is 6.68. The summed E-state index contributed by atoms with van der Waals surface area (Å²) in [6.45, 7) is -0.305. The molecule has 162 valence electrons. The molecule has 0 radical (unpaired) electrons. The molecule has 1 saturated heterocycles. The van der Waals surface area contributed by atoms with Crippen molar-refractivity contribution in [2.24, 2.45) is 0 Å². The summed E-state index contributed by atoms with van der Waals surface area (Å²) in [5.74, 6) is -0.745. The maximum Gasteiger partial charge on any atom is 0.433 e. The molecule has 0 saturated carbocycles. The van der Waals surface area contributed by atoms with Gasteiger partial charge in [0.1, 0.15) is 23.7 Å². The molecule has 2 heterocycles. The van der Waals surface area contributed by atoms with Gasteiger partial charge in [-0.15, -0.1) is 11.6 Å². The summed E-state index contributed by atoms with van der Waals surface area (Å²) in [4.78, 5) is 17.2. The van der Waals surface area contributed by atoms with Crippen molar-refractivity contribution < 1.29 is 32.2 Å². The Morgan fingerprint density at radius 2 is 2.07 bits per heavy atom. The molecule has 30 heavy (non-hydrogen) atoms. The van der Waals surface area contributed by atoms with Gasteiger partial charge < -0.3 is 14.7 Å². The summed E-state index contributed by atoms with van der Waals surface area (Å²) >= 11 is 5.51. The minimum absolute atomic E-state index is 0.0506. The molecule has 1 aliphatic rings. The van der Waals surface area contributed by atoms with E-state index in [9.17, 15) is 27.5 Å². The molecule has 2 atom stereocenters. The normalized spacial score (nSPS) is 19.2. The standard InChI is InChI=1S/C19H18ClF4N3O3/c20-10-25-7-11-4-16(19(22,23)24)26-17(5-11)30-13-3-1-2-12(6-13)18(29)27-8-14(21)15(28)9-27/h1-6,14-15,25,28H,7-10H2/t14-,15-/m1/s1. The minimum atomic E-state index is -4.67. The van der Waals surface area contributed by atoms with Gasteiger partial charge in [-0.25, -0.2) is 9.37 Å². The monoisotopic (exact) mass is 447 g/mol. The number of ether oxygens (including phenoxy) is 1. The van der Waals surface area contributed by atoms with E-state index in [2.05, 4.69) is 10.3 Å². The Bertz CT molecular complexity index is 903. The molecular weight excluding hydrogens is 430 g/mol. The number of carbonyl (C=O) groups is 1. The topological polar surface area (TPSA) is 74.7 Å². The maximum atomic E-state index is 13.5.